The van der Waals surface area contributed by atoms with Gasteiger partial charge < -0.3 is 10.6 Å². The molecule has 11 heteroatoms. The highest BCUT2D eigenvalue weighted by molar-refractivity contribution is 7.89. The Labute approximate surface area is 186 Å². The average molecular weight is 469 g/mol. The smallest absolute Gasteiger partial charge is 0.323 e. The molecule has 0 unspecified atom stereocenters. The Hall–Kier alpha value is -2.17. The molecule has 0 spiro atoms. The Morgan fingerprint density at radius 1 is 1.23 bits per heavy atom. The molecule has 4 amide bonds. The van der Waals surface area contributed by atoms with E-state index in [-0.39, 0.29) is 21.5 Å². The van der Waals surface area contributed by atoms with Gasteiger partial charge in [-0.1, -0.05) is 18.0 Å². The van der Waals surface area contributed by atoms with Crippen molar-refractivity contribution in [3.8, 4) is 0 Å². The number of nitrogens with zero attached hydrogens (tertiary/aromatic N) is 2. The van der Waals surface area contributed by atoms with Gasteiger partial charge in [0, 0.05) is 13.1 Å². The molecule has 2 saturated heterocycles. The second-order valence-corrected chi connectivity index (χ2v) is 10.8. The molecule has 0 aromatic heterocycles. The number of carbonyl (C=O) groups excluding carboxylic acids is 3. The Balaban J connectivity index is 1.48. The minimum absolute atomic E-state index is 0.0328. The van der Waals surface area contributed by atoms with E-state index in [2.05, 4.69) is 10.6 Å². The van der Waals surface area contributed by atoms with E-state index in [1.165, 1.54) is 22.5 Å². The molecule has 31 heavy (non-hydrogen) atoms. The van der Waals surface area contributed by atoms with Gasteiger partial charge in [0.1, 0.15) is 12.1 Å². The number of hydrogen-bond donors (Lipinski definition) is 2. The number of nitrogens with one attached hydrogen (secondary N) is 2. The van der Waals surface area contributed by atoms with Crippen LogP contribution >= 0.6 is 11.6 Å². The minimum atomic E-state index is -3.70. The van der Waals surface area contributed by atoms with Gasteiger partial charge in [0.05, 0.1) is 15.6 Å². The Kier molecular flexibility index (Phi) is 5.74. The van der Waals surface area contributed by atoms with Crippen molar-refractivity contribution in [2.45, 2.75) is 49.5 Å². The van der Waals surface area contributed by atoms with Crippen molar-refractivity contribution in [3.63, 3.8) is 0 Å². The van der Waals surface area contributed by atoms with Gasteiger partial charge in [0.2, 0.25) is 15.9 Å². The van der Waals surface area contributed by atoms with Crippen molar-refractivity contribution in [1.29, 1.82) is 0 Å². The molecule has 0 radical (unpaired) electrons. The van der Waals surface area contributed by atoms with Crippen LogP contribution in [0.3, 0.4) is 0 Å². The van der Waals surface area contributed by atoms with Crippen LogP contribution in [0.25, 0.3) is 0 Å². The largest absolute Gasteiger partial charge is 0.325 e. The van der Waals surface area contributed by atoms with Crippen molar-refractivity contribution in [3.05, 3.63) is 23.2 Å². The second-order valence-electron chi connectivity index (χ2n) is 8.45. The van der Waals surface area contributed by atoms with Crippen LogP contribution in [0.2, 0.25) is 5.02 Å². The van der Waals surface area contributed by atoms with Crippen LogP contribution in [-0.2, 0) is 19.6 Å². The molecule has 1 saturated carbocycles. The number of sulfonamides is 1. The summed E-state index contributed by atoms with van der Waals surface area (Å²) in [4.78, 5) is 38.4. The molecule has 3 aliphatic rings. The van der Waals surface area contributed by atoms with Gasteiger partial charge in [-0.15, -0.1) is 0 Å². The Morgan fingerprint density at radius 3 is 2.55 bits per heavy atom. The fraction of sp³-hybridized carbons (Fsp3) is 0.550. The third-order valence-corrected chi connectivity index (χ3v) is 8.39. The maximum Gasteiger partial charge on any atom is 0.325 e. The second kappa shape index (κ2) is 8.07. The lowest BCUT2D eigenvalue weighted by atomic mass is 9.96. The molecule has 4 rings (SSSR count). The number of anilines is 1. The predicted molar refractivity (Wildman–Crippen MR) is 114 cm³/mol. The molecular weight excluding hydrogens is 444 g/mol. The van der Waals surface area contributed by atoms with Gasteiger partial charge in [-0.2, -0.15) is 4.31 Å². The number of hydrogen-bond acceptors (Lipinski definition) is 5. The number of amides is 4. The Morgan fingerprint density at radius 2 is 1.90 bits per heavy atom. The maximum absolute atomic E-state index is 12.9. The first-order chi connectivity index (χ1) is 14.6. The first-order valence-corrected chi connectivity index (χ1v) is 12.2. The zero-order valence-electron chi connectivity index (χ0n) is 17.2. The van der Waals surface area contributed by atoms with E-state index in [9.17, 15) is 22.8 Å². The van der Waals surface area contributed by atoms with Gasteiger partial charge in [-0.3, -0.25) is 14.5 Å². The van der Waals surface area contributed by atoms with E-state index < -0.39 is 40.0 Å². The monoisotopic (exact) mass is 468 g/mol. The molecule has 9 nitrogen and oxygen atoms in total. The zero-order valence-corrected chi connectivity index (χ0v) is 18.8. The molecule has 1 aliphatic carbocycles. The highest BCUT2D eigenvalue weighted by Crippen LogP contribution is 2.42. The van der Waals surface area contributed by atoms with Gasteiger partial charge in [0.15, 0.2) is 0 Å². The summed E-state index contributed by atoms with van der Waals surface area (Å²) in [5.74, 6) is -0.983. The van der Waals surface area contributed by atoms with Crippen LogP contribution < -0.4 is 10.6 Å². The number of imide groups is 1. The first kappa shape index (κ1) is 22.0. The Bertz CT molecular complexity index is 1040. The molecule has 3 fully saturated rings. The van der Waals surface area contributed by atoms with E-state index >= 15 is 0 Å². The van der Waals surface area contributed by atoms with Gasteiger partial charge >= 0.3 is 6.03 Å². The number of rotatable bonds is 6. The number of urea groups is 1. The van der Waals surface area contributed by atoms with Crippen molar-refractivity contribution in [2.75, 3.05) is 25.0 Å². The molecule has 1 aromatic rings. The molecule has 0 bridgehead atoms. The lowest BCUT2D eigenvalue weighted by Crippen LogP contribution is -2.46. The van der Waals surface area contributed by atoms with E-state index in [0.717, 1.165) is 37.0 Å². The van der Waals surface area contributed by atoms with E-state index in [0.29, 0.717) is 13.1 Å². The lowest BCUT2D eigenvalue weighted by Gasteiger charge is -2.26. The molecule has 1 aromatic carbocycles. The molecular formula is C20H25ClN4O5S. The predicted octanol–water partition coefficient (Wildman–Crippen LogP) is 2.17. The normalized spacial score (nSPS) is 24.9. The number of benzene rings is 1. The molecule has 2 N–H and O–H groups in total. The van der Waals surface area contributed by atoms with Crippen molar-refractivity contribution in [1.82, 2.24) is 14.5 Å². The quantitative estimate of drug-likeness (QED) is 0.621. The minimum Gasteiger partial charge on any atom is -0.323 e. The van der Waals surface area contributed by atoms with Crippen molar-refractivity contribution in [2.24, 2.45) is 5.92 Å². The van der Waals surface area contributed by atoms with Crippen LogP contribution in [-0.4, -0.2) is 60.6 Å². The summed E-state index contributed by atoms with van der Waals surface area (Å²) in [6.45, 7) is 2.11. The van der Waals surface area contributed by atoms with Crippen molar-refractivity contribution < 1.29 is 22.8 Å². The average Bonchev–Trinajstić information content (AvgIpc) is 3.56. The topological polar surface area (TPSA) is 116 Å². The number of carbonyl (C=O) groups is 3. The molecule has 1 atom stereocenters. The number of halogens is 1. The number of piperidine rings is 1. The summed E-state index contributed by atoms with van der Waals surface area (Å²) in [5.41, 5.74) is -0.862. The SMILES string of the molecule is C[C@]1(C2CC2)NC(=O)N(CC(=O)Nc2cc(S(=O)(=O)N3CCCCC3)ccc2Cl)C1=O. The van der Waals surface area contributed by atoms with Crippen LogP contribution in [0.1, 0.15) is 39.0 Å². The summed E-state index contributed by atoms with van der Waals surface area (Å²) in [6.07, 6.45) is 4.33. The summed E-state index contributed by atoms with van der Waals surface area (Å²) < 4.78 is 27.2. The van der Waals surface area contributed by atoms with Crippen LogP contribution in [0.5, 0.6) is 0 Å². The van der Waals surface area contributed by atoms with Crippen LogP contribution in [0, 0.1) is 5.92 Å². The fourth-order valence-electron chi connectivity index (χ4n) is 4.14. The van der Waals surface area contributed by atoms with E-state index in [4.69, 9.17) is 11.6 Å². The zero-order chi connectivity index (χ0) is 22.4. The van der Waals surface area contributed by atoms with Crippen LogP contribution in [0.4, 0.5) is 10.5 Å². The highest BCUT2D eigenvalue weighted by Gasteiger charge is 2.56. The van der Waals surface area contributed by atoms with Crippen molar-refractivity contribution >= 4 is 45.2 Å². The maximum atomic E-state index is 12.9. The third-order valence-electron chi connectivity index (χ3n) is 6.16. The first-order valence-electron chi connectivity index (χ1n) is 10.4. The molecule has 2 heterocycles. The highest BCUT2D eigenvalue weighted by atomic mass is 35.5. The summed E-state index contributed by atoms with van der Waals surface area (Å²) in [7, 11) is -3.70. The lowest BCUT2D eigenvalue weighted by molar-refractivity contribution is -0.134. The van der Waals surface area contributed by atoms with Crippen LogP contribution in [0.15, 0.2) is 23.1 Å². The summed E-state index contributed by atoms with van der Waals surface area (Å²) in [6, 6.07) is 3.51. The van der Waals surface area contributed by atoms with E-state index in [1.807, 2.05) is 0 Å². The van der Waals surface area contributed by atoms with Gasteiger partial charge in [-0.05, 0) is 56.7 Å². The fourth-order valence-corrected chi connectivity index (χ4v) is 5.85. The third kappa shape index (κ3) is 4.16. The summed E-state index contributed by atoms with van der Waals surface area (Å²) in [5, 5.41) is 5.38. The molecule has 168 valence electrons. The van der Waals surface area contributed by atoms with E-state index in [1.54, 1.807) is 6.92 Å². The van der Waals surface area contributed by atoms with Gasteiger partial charge in [0.25, 0.3) is 5.91 Å². The summed E-state index contributed by atoms with van der Waals surface area (Å²) >= 11 is 6.16. The molecule has 2 aliphatic heterocycles. The van der Waals surface area contributed by atoms with Gasteiger partial charge in [-0.25, -0.2) is 13.2 Å². The standard InChI is InChI=1S/C20H25ClN4O5S/c1-20(13-5-6-13)18(27)25(19(28)23-20)12-17(26)22-16-11-14(7-8-15(16)21)31(29,30)24-9-3-2-4-10-24/h7-8,11,13H,2-6,9-10,12H2,1H3,(H,22,26)(H,23,28)/t20-/m1/s1.